The number of aliphatic hydroxyl groups is 1. The highest BCUT2D eigenvalue weighted by atomic mass is 35.5. The van der Waals surface area contributed by atoms with Gasteiger partial charge in [0.15, 0.2) is 17.9 Å². The minimum absolute atomic E-state index is 0.0465. The number of hydrogen-bond acceptors (Lipinski definition) is 7. The van der Waals surface area contributed by atoms with Crippen LogP contribution < -0.4 is 10.1 Å². The van der Waals surface area contributed by atoms with E-state index in [1.807, 2.05) is 29.2 Å². The first-order valence-corrected chi connectivity index (χ1v) is 12.9. The summed E-state index contributed by atoms with van der Waals surface area (Å²) in [6, 6.07) is 15.7. The molecule has 0 spiro atoms. The predicted molar refractivity (Wildman–Crippen MR) is 150 cm³/mol. The van der Waals surface area contributed by atoms with Crippen LogP contribution in [0.15, 0.2) is 60.8 Å². The van der Waals surface area contributed by atoms with E-state index >= 15 is 4.39 Å². The molecule has 2 aromatic heterocycles. The summed E-state index contributed by atoms with van der Waals surface area (Å²) in [4.78, 5) is 21.8. The van der Waals surface area contributed by atoms with Crippen LogP contribution in [-0.2, 0) is 6.54 Å². The van der Waals surface area contributed by atoms with Gasteiger partial charge in [0, 0.05) is 48.1 Å². The molecule has 1 aliphatic rings. The molecule has 2 N–H and O–H groups in total. The molecule has 0 aliphatic carbocycles. The topological polar surface area (TPSA) is 87.6 Å². The van der Waals surface area contributed by atoms with Crippen molar-refractivity contribution in [2.75, 3.05) is 25.5 Å². The number of pyridine rings is 2. The molecule has 2 aromatic carbocycles. The van der Waals surface area contributed by atoms with Crippen LogP contribution in [0.25, 0.3) is 22.4 Å². The van der Waals surface area contributed by atoms with Crippen molar-refractivity contribution in [3.05, 3.63) is 87.8 Å². The van der Waals surface area contributed by atoms with Gasteiger partial charge in [-0.25, -0.2) is 14.4 Å². The van der Waals surface area contributed by atoms with Crippen molar-refractivity contribution >= 4 is 41.0 Å². The summed E-state index contributed by atoms with van der Waals surface area (Å²) in [5.41, 5.74) is 2.96. The van der Waals surface area contributed by atoms with E-state index in [1.54, 1.807) is 37.3 Å². The molecule has 1 saturated heterocycles. The largest absolute Gasteiger partial charge is 0.480 e. The molecule has 10 heteroatoms. The van der Waals surface area contributed by atoms with Crippen LogP contribution in [0.5, 0.6) is 5.88 Å². The second-order valence-electron chi connectivity index (χ2n) is 9.65. The van der Waals surface area contributed by atoms with Crippen LogP contribution in [0.2, 0.25) is 10.0 Å². The molecule has 5 rings (SSSR count). The number of β-amino-alcohol motifs (C(OH)–C–C–N with tert-alkyl or cyclic N) is 1. The molecular weight excluding hydrogens is 542 g/mol. The van der Waals surface area contributed by atoms with Crippen LogP contribution in [0.1, 0.15) is 22.8 Å². The number of nitrogens with zero attached hydrogens (tertiary/aromatic N) is 3. The zero-order valence-electron chi connectivity index (χ0n) is 21.2. The van der Waals surface area contributed by atoms with E-state index in [4.69, 9.17) is 27.9 Å². The fraction of sp³-hybridized carbons (Fsp3) is 0.207. The van der Waals surface area contributed by atoms with Crippen molar-refractivity contribution in [2.45, 2.75) is 19.1 Å². The third-order valence-corrected chi connectivity index (χ3v) is 7.33. The van der Waals surface area contributed by atoms with E-state index in [-0.39, 0.29) is 11.7 Å². The van der Waals surface area contributed by atoms with Gasteiger partial charge in [0.05, 0.1) is 39.7 Å². The Hall–Kier alpha value is -3.56. The lowest BCUT2D eigenvalue weighted by Gasteiger charge is -2.44. The first-order valence-electron chi connectivity index (χ1n) is 12.1. The normalized spacial score (nSPS) is 14.5. The molecule has 200 valence electrons. The number of methoxy groups -OCH3 is 1. The van der Waals surface area contributed by atoms with Crippen molar-refractivity contribution in [3.8, 4) is 28.3 Å². The Bertz CT molecular complexity index is 1560. The van der Waals surface area contributed by atoms with Crippen molar-refractivity contribution < 1.29 is 19.0 Å². The van der Waals surface area contributed by atoms with E-state index in [2.05, 4.69) is 15.3 Å². The van der Waals surface area contributed by atoms with E-state index in [0.717, 1.165) is 0 Å². The minimum atomic E-state index is -0.738. The molecule has 39 heavy (non-hydrogen) atoms. The highest BCUT2D eigenvalue weighted by molar-refractivity contribution is 6.39. The summed E-state index contributed by atoms with van der Waals surface area (Å²) < 4.78 is 20.6. The number of rotatable bonds is 8. The standard InChI is InChI=1S/C29H25Cl2FN4O3/c1-29(38)15-36(16-29)13-17-11-12-33-27(26(17)32)34-23-8-4-6-20(25(23)31)19-5-3-7-21(24(19)30)22-10-9-18(14-37)28(35-22)39-2/h3-12,14,38H,13,15-16H2,1-2H3,(H,33,34). The van der Waals surface area contributed by atoms with Gasteiger partial charge in [-0.15, -0.1) is 0 Å². The molecule has 1 fully saturated rings. The van der Waals surface area contributed by atoms with Crippen LogP contribution in [-0.4, -0.2) is 52.1 Å². The zero-order chi connectivity index (χ0) is 27.7. The zero-order valence-corrected chi connectivity index (χ0v) is 22.7. The molecular formula is C29H25Cl2FN4O3. The molecule has 0 saturated carbocycles. The second kappa shape index (κ2) is 10.9. The van der Waals surface area contributed by atoms with E-state index in [9.17, 15) is 9.90 Å². The number of halogens is 3. The average Bonchev–Trinajstić information content (AvgIpc) is 2.91. The number of carbonyl (C=O) groups is 1. The van der Waals surface area contributed by atoms with Crippen molar-refractivity contribution in [1.82, 2.24) is 14.9 Å². The van der Waals surface area contributed by atoms with Crippen molar-refractivity contribution in [3.63, 3.8) is 0 Å². The Morgan fingerprint density at radius 3 is 2.46 bits per heavy atom. The van der Waals surface area contributed by atoms with Crippen LogP contribution in [0.3, 0.4) is 0 Å². The number of nitrogens with one attached hydrogen (secondary N) is 1. The maximum atomic E-state index is 15.3. The Labute approximate surface area is 235 Å². The number of anilines is 2. The molecule has 4 aromatic rings. The van der Waals surface area contributed by atoms with Gasteiger partial charge in [0.2, 0.25) is 5.88 Å². The van der Waals surface area contributed by atoms with E-state index < -0.39 is 11.4 Å². The quantitative estimate of drug-likeness (QED) is 0.239. The second-order valence-corrected chi connectivity index (χ2v) is 10.4. The van der Waals surface area contributed by atoms with Gasteiger partial charge < -0.3 is 15.2 Å². The summed E-state index contributed by atoms with van der Waals surface area (Å²) in [5.74, 6) is -0.237. The Morgan fingerprint density at radius 2 is 1.77 bits per heavy atom. The number of aromatic nitrogens is 2. The van der Waals surface area contributed by atoms with Crippen LogP contribution >= 0.6 is 23.2 Å². The fourth-order valence-corrected chi connectivity index (χ4v) is 5.32. The number of carbonyl (C=O) groups excluding carboxylic acids is 1. The first-order chi connectivity index (χ1) is 18.7. The lowest BCUT2D eigenvalue weighted by Crippen LogP contribution is -2.59. The summed E-state index contributed by atoms with van der Waals surface area (Å²) in [6.07, 6.45) is 2.21. The molecule has 0 bridgehead atoms. The molecule has 0 amide bonds. The summed E-state index contributed by atoms with van der Waals surface area (Å²) >= 11 is 13.6. The van der Waals surface area contributed by atoms with Crippen LogP contribution in [0, 0.1) is 5.82 Å². The smallest absolute Gasteiger partial charge is 0.224 e. The SMILES string of the molecule is COc1nc(-c2cccc(-c3cccc(Nc4nccc(CN5CC(C)(O)C5)c4F)c3Cl)c2Cl)ccc1C=O. The van der Waals surface area contributed by atoms with Gasteiger partial charge >= 0.3 is 0 Å². The summed E-state index contributed by atoms with van der Waals surface area (Å²) in [7, 11) is 1.44. The van der Waals surface area contributed by atoms with Gasteiger partial charge in [-0.3, -0.25) is 9.69 Å². The minimum Gasteiger partial charge on any atom is -0.480 e. The molecule has 0 unspecified atom stereocenters. The number of benzene rings is 2. The average molecular weight is 567 g/mol. The molecule has 0 atom stereocenters. The van der Waals surface area contributed by atoms with Crippen LogP contribution in [0.4, 0.5) is 15.9 Å². The highest BCUT2D eigenvalue weighted by Gasteiger charge is 2.36. The lowest BCUT2D eigenvalue weighted by molar-refractivity contribution is -0.0874. The van der Waals surface area contributed by atoms with Gasteiger partial charge in [-0.2, -0.15) is 0 Å². The third kappa shape index (κ3) is 5.46. The maximum absolute atomic E-state index is 15.3. The predicted octanol–water partition coefficient (Wildman–Crippen LogP) is 6.39. The Morgan fingerprint density at radius 1 is 1.08 bits per heavy atom. The summed E-state index contributed by atoms with van der Waals surface area (Å²) in [6.45, 7) is 3.08. The van der Waals surface area contributed by atoms with Gasteiger partial charge in [0.1, 0.15) is 0 Å². The van der Waals surface area contributed by atoms with Gasteiger partial charge in [0.25, 0.3) is 0 Å². The Kier molecular flexibility index (Phi) is 7.55. The lowest BCUT2D eigenvalue weighted by atomic mass is 9.96. The molecule has 0 radical (unpaired) electrons. The highest BCUT2D eigenvalue weighted by Crippen LogP contribution is 2.42. The number of likely N-dealkylation sites (tertiary alicyclic amines) is 1. The summed E-state index contributed by atoms with van der Waals surface area (Å²) in [5, 5.41) is 13.7. The monoisotopic (exact) mass is 566 g/mol. The number of ether oxygens (including phenoxy) is 1. The Balaban J connectivity index is 1.45. The third-order valence-electron chi connectivity index (χ3n) is 6.52. The molecule has 1 aliphatic heterocycles. The number of hydrogen-bond donors (Lipinski definition) is 2. The molecule has 3 heterocycles. The maximum Gasteiger partial charge on any atom is 0.224 e. The fourth-order valence-electron chi connectivity index (χ4n) is 4.72. The van der Waals surface area contributed by atoms with E-state index in [1.165, 1.54) is 13.3 Å². The van der Waals surface area contributed by atoms with Crippen molar-refractivity contribution in [2.24, 2.45) is 0 Å². The van der Waals surface area contributed by atoms with Gasteiger partial charge in [-0.1, -0.05) is 53.5 Å². The molecule has 7 nitrogen and oxygen atoms in total. The first kappa shape index (κ1) is 27.0. The van der Waals surface area contributed by atoms with Gasteiger partial charge in [-0.05, 0) is 31.2 Å². The number of aldehydes is 1. The van der Waals surface area contributed by atoms with Crippen molar-refractivity contribution in [1.29, 1.82) is 0 Å². The van der Waals surface area contributed by atoms with E-state index in [0.29, 0.717) is 75.2 Å².